The Morgan fingerprint density at radius 3 is 2.36 bits per heavy atom. The Balaban J connectivity index is 0.000000300. The highest BCUT2D eigenvalue weighted by molar-refractivity contribution is 7.86. The fourth-order valence-electron chi connectivity index (χ4n) is 3.59. The molecule has 1 aliphatic carbocycles. The number of benzene rings is 1. The number of fused-ring (bicyclic) bond motifs is 1. The Morgan fingerprint density at radius 2 is 1.86 bits per heavy atom. The first-order valence-corrected chi connectivity index (χ1v) is 10.2. The van der Waals surface area contributed by atoms with E-state index in [1.165, 1.54) is 11.1 Å². The van der Waals surface area contributed by atoms with Gasteiger partial charge in [0.25, 0.3) is 0 Å². The maximum Gasteiger partial charge on any atom is 0.485 e. The molecule has 0 saturated heterocycles. The molecular formula is C19H24F3NO4S. The first-order valence-electron chi connectivity index (χ1n) is 8.80. The highest BCUT2D eigenvalue weighted by atomic mass is 32.2. The van der Waals surface area contributed by atoms with E-state index >= 15 is 0 Å². The average molecular weight is 419 g/mol. The van der Waals surface area contributed by atoms with Crippen LogP contribution in [-0.4, -0.2) is 48.6 Å². The minimum Gasteiger partial charge on any atom is -0.741 e. The predicted molar refractivity (Wildman–Crippen MR) is 98.2 cm³/mol. The van der Waals surface area contributed by atoms with Crippen LogP contribution in [0, 0.1) is 5.92 Å². The Labute approximate surface area is 163 Å². The lowest BCUT2D eigenvalue weighted by atomic mass is 9.75. The van der Waals surface area contributed by atoms with Gasteiger partial charge in [0.2, 0.25) is 0 Å². The van der Waals surface area contributed by atoms with Gasteiger partial charge in [-0.25, -0.2) is 8.42 Å². The Kier molecular flexibility index (Phi) is 6.30. The van der Waals surface area contributed by atoms with Gasteiger partial charge in [0.05, 0.1) is 0 Å². The van der Waals surface area contributed by atoms with E-state index in [-0.39, 0.29) is 5.41 Å². The van der Waals surface area contributed by atoms with Crippen LogP contribution < -0.4 is 0 Å². The molecule has 156 valence electrons. The van der Waals surface area contributed by atoms with E-state index in [2.05, 4.69) is 68.8 Å². The summed E-state index contributed by atoms with van der Waals surface area (Å²) < 4.78 is 67.4. The molecule has 9 heteroatoms. The summed E-state index contributed by atoms with van der Waals surface area (Å²) in [7, 11) is -3.92. The highest BCUT2D eigenvalue weighted by Gasteiger charge is 2.47. The lowest BCUT2D eigenvalue weighted by Gasteiger charge is -2.28. The SMILES string of the molecule is CC(C)[C@H]1COC([C@@]2(C)C=CCc3ccccc32)=[N+]1C.O=S(=O)([O-])C(F)(F)F. The molecule has 0 saturated carbocycles. The summed E-state index contributed by atoms with van der Waals surface area (Å²) in [6.45, 7) is 7.60. The van der Waals surface area contributed by atoms with E-state index in [1.54, 1.807) is 0 Å². The van der Waals surface area contributed by atoms with Gasteiger partial charge in [-0.1, -0.05) is 50.3 Å². The topological polar surface area (TPSA) is 69.4 Å². The van der Waals surface area contributed by atoms with Gasteiger partial charge >= 0.3 is 11.4 Å². The van der Waals surface area contributed by atoms with Crippen LogP contribution in [0.25, 0.3) is 0 Å². The van der Waals surface area contributed by atoms with Gasteiger partial charge in [0.15, 0.2) is 22.8 Å². The normalized spacial score (nSPS) is 24.5. The van der Waals surface area contributed by atoms with Gasteiger partial charge in [-0.05, 0) is 24.5 Å². The number of likely N-dealkylation sites (N-methyl/N-ethyl adjacent to an activating group) is 1. The van der Waals surface area contributed by atoms with Crippen molar-refractivity contribution in [2.45, 2.75) is 44.2 Å². The van der Waals surface area contributed by atoms with Gasteiger partial charge in [-0.15, -0.1) is 0 Å². The molecule has 1 aromatic carbocycles. The van der Waals surface area contributed by atoms with Crippen molar-refractivity contribution in [3.63, 3.8) is 0 Å². The van der Waals surface area contributed by atoms with E-state index < -0.39 is 15.6 Å². The van der Waals surface area contributed by atoms with Crippen LogP contribution in [0.4, 0.5) is 13.2 Å². The average Bonchev–Trinajstić information content (AvgIpc) is 2.96. The van der Waals surface area contributed by atoms with Crippen molar-refractivity contribution in [3.05, 3.63) is 47.5 Å². The number of hydrogen-bond acceptors (Lipinski definition) is 4. The first kappa shape index (κ1) is 22.4. The standard InChI is InChI=1S/C18H24NO.CHF3O3S/c1-13(2)16-12-20-17(19(16)4)18(3)11-7-9-14-8-5-6-10-15(14)18;2-1(3,4)8(5,6)7/h5-8,10-11,13,16H,9,12H2,1-4H3;(H,5,6,7)/q+1;/p-1/t16-,18+;/m1./s1. The molecule has 5 nitrogen and oxygen atoms in total. The van der Waals surface area contributed by atoms with Crippen molar-refractivity contribution in [2.75, 3.05) is 13.7 Å². The molecule has 2 atom stereocenters. The number of hydrogen-bond donors (Lipinski definition) is 0. The smallest absolute Gasteiger partial charge is 0.485 e. The van der Waals surface area contributed by atoms with Gasteiger partial charge in [0, 0.05) is 5.92 Å². The molecule has 1 aromatic rings. The molecule has 0 amide bonds. The summed E-state index contributed by atoms with van der Waals surface area (Å²) in [5.41, 5.74) is -2.98. The molecule has 0 fully saturated rings. The van der Waals surface area contributed by atoms with Crippen molar-refractivity contribution < 1.29 is 35.5 Å². The van der Waals surface area contributed by atoms with Crippen LogP contribution >= 0.6 is 0 Å². The monoisotopic (exact) mass is 419 g/mol. The molecule has 0 radical (unpaired) electrons. The van der Waals surface area contributed by atoms with E-state index in [4.69, 9.17) is 17.7 Å². The fourth-order valence-corrected chi connectivity index (χ4v) is 3.59. The second-order valence-electron chi connectivity index (χ2n) is 7.40. The predicted octanol–water partition coefficient (Wildman–Crippen LogP) is 3.20. The van der Waals surface area contributed by atoms with Gasteiger partial charge in [0.1, 0.15) is 12.5 Å². The molecule has 0 aromatic heterocycles. The minimum absolute atomic E-state index is 0.132. The first-order chi connectivity index (χ1) is 12.8. The number of ether oxygens (including phenoxy) is 1. The number of nitrogens with zero attached hydrogens (tertiary/aromatic N) is 1. The van der Waals surface area contributed by atoms with Gasteiger partial charge < -0.3 is 9.29 Å². The van der Waals surface area contributed by atoms with Crippen LogP contribution in [0.1, 0.15) is 31.9 Å². The van der Waals surface area contributed by atoms with Crippen LogP contribution in [0.15, 0.2) is 36.4 Å². The van der Waals surface area contributed by atoms with Gasteiger partial charge in [-0.2, -0.15) is 17.7 Å². The number of rotatable bonds is 2. The van der Waals surface area contributed by atoms with Crippen LogP contribution in [-0.2, 0) is 26.7 Å². The molecule has 1 aliphatic heterocycles. The lowest BCUT2D eigenvalue weighted by Crippen LogP contribution is -2.38. The van der Waals surface area contributed by atoms with E-state index in [0.29, 0.717) is 12.0 Å². The Hall–Kier alpha value is -1.87. The van der Waals surface area contributed by atoms with E-state index in [9.17, 15) is 13.2 Å². The molecule has 0 N–H and O–H groups in total. The largest absolute Gasteiger partial charge is 0.741 e. The maximum atomic E-state index is 10.7. The summed E-state index contributed by atoms with van der Waals surface area (Å²) >= 11 is 0. The van der Waals surface area contributed by atoms with Gasteiger partial charge in [-0.3, -0.25) is 0 Å². The molecule has 0 bridgehead atoms. The maximum absolute atomic E-state index is 10.7. The lowest BCUT2D eigenvalue weighted by molar-refractivity contribution is -0.536. The second kappa shape index (κ2) is 7.87. The molecule has 0 spiro atoms. The van der Waals surface area contributed by atoms with Crippen molar-refractivity contribution in [1.82, 2.24) is 0 Å². The zero-order valence-electron chi connectivity index (χ0n) is 16.2. The van der Waals surface area contributed by atoms with Crippen LogP contribution in [0.2, 0.25) is 0 Å². The molecule has 3 rings (SSSR count). The molecule has 28 heavy (non-hydrogen) atoms. The van der Waals surface area contributed by atoms with E-state index in [0.717, 1.165) is 18.9 Å². The van der Waals surface area contributed by atoms with Crippen LogP contribution in [0.5, 0.6) is 0 Å². The summed E-state index contributed by atoms with van der Waals surface area (Å²) in [5, 5.41) is 0. The number of halogens is 3. The summed E-state index contributed by atoms with van der Waals surface area (Å²) in [6.07, 6.45) is 5.61. The summed E-state index contributed by atoms with van der Waals surface area (Å²) in [6, 6.07) is 9.20. The Bertz CT molecular complexity index is 891. The molecular weight excluding hydrogens is 395 g/mol. The third-order valence-electron chi connectivity index (χ3n) is 5.07. The quantitative estimate of drug-likeness (QED) is 0.320. The van der Waals surface area contributed by atoms with E-state index in [1.807, 2.05) is 0 Å². The van der Waals surface area contributed by atoms with Crippen molar-refractivity contribution in [2.24, 2.45) is 5.92 Å². The second-order valence-corrected chi connectivity index (χ2v) is 8.78. The molecule has 2 aliphatic rings. The van der Waals surface area contributed by atoms with Crippen molar-refractivity contribution >= 4 is 16.0 Å². The van der Waals surface area contributed by atoms with Crippen LogP contribution in [0.3, 0.4) is 0 Å². The molecule has 1 heterocycles. The molecule has 0 unspecified atom stereocenters. The Morgan fingerprint density at radius 1 is 1.29 bits per heavy atom. The highest BCUT2D eigenvalue weighted by Crippen LogP contribution is 2.36. The van der Waals surface area contributed by atoms with Crippen molar-refractivity contribution in [3.8, 4) is 0 Å². The third kappa shape index (κ3) is 4.41. The summed E-state index contributed by atoms with van der Waals surface area (Å²) in [4.78, 5) is 0. The zero-order chi connectivity index (χ0) is 21.3. The fraction of sp³-hybridized carbons (Fsp3) is 0.526. The number of allylic oxidation sites excluding steroid dienone is 1. The number of alkyl halides is 3. The zero-order valence-corrected chi connectivity index (χ0v) is 17.0. The minimum atomic E-state index is -6.09. The third-order valence-corrected chi connectivity index (χ3v) is 5.64. The van der Waals surface area contributed by atoms with Crippen molar-refractivity contribution in [1.29, 1.82) is 0 Å². The summed E-state index contributed by atoms with van der Waals surface area (Å²) in [5.74, 6) is 1.70.